The van der Waals surface area contributed by atoms with Crippen LogP contribution in [-0.2, 0) is 0 Å². The van der Waals surface area contributed by atoms with Gasteiger partial charge in [-0.3, -0.25) is 0 Å². The molecule has 2 aromatic rings. The third-order valence-corrected chi connectivity index (χ3v) is 3.08. The minimum absolute atomic E-state index is 0.382. The zero-order valence-electron chi connectivity index (χ0n) is 10.7. The Labute approximate surface area is 126 Å². The molecule has 0 atom stereocenters. The number of nitrogens with two attached hydrogens (primary N) is 1. The van der Waals surface area contributed by atoms with Crippen LogP contribution >= 0.6 is 23.2 Å². The van der Waals surface area contributed by atoms with Gasteiger partial charge in [-0.2, -0.15) is 0 Å². The number of anilines is 3. The maximum Gasteiger partial charge on any atom is 0.323 e. The van der Waals surface area contributed by atoms with Crippen LogP contribution in [0.4, 0.5) is 21.9 Å². The molecule has 0 unspecified atom stereocenters. The quantitative estimate of drug-likeness (QED) is 0.713. The summed E-state index contributed by atoms with van der Waals surface area (Å²) in [7, 11) is 0. The smallest absolute Gasteiger partial charge is 0.323 e. The van der Waals surface area contributed by atoms with E-state index in [0.717, 1.165) is 5.56 Å². The summed E-state index contributed by atoms with van der Waals surface area (Å²) in [6.45, 7) is 1.87. The maximum atomic E-state index is 11.9. The van der Waals surface area contributed by atoms with E-state index < -0.39 is 0 Å². The van der Waals surface area contributed by atoms with Gasteiger partial charge in [0.15, 0.2) is 0 Å². The molecule has 0 aliphatic carbocycles. The van der Waals surface area contributed by atoms with Crippen LogP contribution in [0.5, 0.6) is 0 Å². The van der Waals surface area contributed by atoms with Crippen molar-refractivity contribution in [3.63, 3.8) is 0 Å². The lowest BCUT2D eigenvalue weighted by molar-refractivity contribution is 0.262. The fourth-order valence-corrected chi connectivity index (χ4v) is 2.20. The van der Waals surface area contributed by atoms with Gasteiger partial charge in [0.05, 0.1) is 0 Å². The van der Waals surface area contributed by atoms with Gasteiger partial charge in [-0.1, -0.05) is 23.2 Å². The highest BCUT2D eigenvalue weighted by Gasteiger charge is 2.05. The lowest BCUT2D eigenvalue weighted by Gasteiger charge is -2.09. The van der Waals surface area contributed by atoms with Crippen molar-refractivity contribution in [2.24, 2.45) is 0 Å². The topological polar surface area (TPSA) is 67.2 Å². The zero-order valence-corrected chi connectivity index (χ0v) is 12.2. The molecule has 0 radical (unpaired) electrons. The zero-order chi connectivity index (χ0) is 14.7. The van der Waals surface area contributed by atoms with E-state index in [4.69, 9.17) is 28.9 Å². The summed E-state index contributed by atoms with van der Waals surface area (Å²) < 4.78 is 0. The minimum atomic E-state index is -0.382. The molecule has 2 amide bonds. The Morgan fingerprint density at radius 1 is 1.00 bits per heavy atom. The van der Waals surface area contributed by atoms with Crippen molar-refractivity contribution in [1.82, 2.24) is 0 Å². The number of urea groups is 1. The van der Waals surface area contributed by atoms with Gasteiger partial charge in [-0.25, -0.2) is 4.79 Å². The fourth-order valence-electron chi connectivity index (χ4n) is 1.67. The molecule has 2 aromatic carbocycles. The second kappa shape index (κ2) is 6.03. The Bertz CT molecular complexity index is 639. The summed E-state index contributed by atoms with van der Waals surface area (Å²) in [5.41, 5.74) is 8.47. The van der Waals surface area contributed by atoms with E-state index in [-0.39, 0.29) is 6.03 Å². The van der Waals surface area contributed by atoms with Crippen LogP contribution in [0.3, 0.4) is 0 Å². The number of nitrogens with one attached hydrogen (secondary N) is 2. The molecule has 6 heteroatoms. The van der Waals surface area contributed by atoms with Gasteiger partial charge < -0.3 is 16.4 Å². The number of carbonyl (C=O) groups excluding carboxylic acids is 1. The number of hydrogen-bond donors (Lipinski definition) is 3. The second-order valence-electron chi connectivity index (χ2n) is 4.31. The average Bonchev–Trinajstić information content (AvgIpc) is 2.32. The first-order chi connectivity index (χ1) is 9.44. The van der Waals surface area contributed by atoms with Crippen molar-refractivity contribution in [3.05, 3.63) is 52.0 Å². The summed E-state index contributed by atoms with van der Waals surface area (Å²) in [5, 5.41) is 6.27. The van der Waals surface area contributed by atoms with E-state index in [1.807, 2.05) is 6.92 Å². The molecule has 2 rings (SSSR count). The van der Waals surface area contributed by atoms with Gasteiger partial charge in [-0.05, 0) is 48.9 Å². The van der Waals surface area contributed by atoms with Crippen molar-refractivity contribution < 1.29 is 4.79 Å². The molecule has 0 saturated carbocycles. The third-order valence-electron chi connectivity index (χ3n) is 2.65. The summed E-state index contributed by atoms with van der Waals surface area (Å²) >= 11 is 11.7. The van der Waals surface area contributed by atoms with Crippen molar-refractivity contribution in [2.75, 3.05) is 16.4 Å². The van der Waals surface area contributed by atoms with Crippen LogP contribution in [0.15, 0.2) is 36.4 Å². The standard InChI is InChI=1S/C14H13Cl2N3O/c1-8-4-11(2-3-13(8)17)18-14(20)19-12-6-9(15)5-10(16)7-12/h2-7H,17H2,1H3,(H2,18,19,20). The third kappa shape index (κ3) is 3.79. The van der Waals surface area contributed by atoms with Crippen LogP contribution in [0.1, 0.15) is 5.56 Å². The summed E-state index contributed by atoms with van der Waals surface area (Å²) in [6.07, 6.45) is 0. The molecule has 20 heavy (non-hydrogen) atoms. The highest BCUT2D eigenvalue weighted by atomic mass is 35.5. The molecule has 104 valence electrons. The van der Waals surface area contributed by atoms with Gasteiger partial charge in [0.1, 0.15) is 0 Å². The van der Waals surface area contributed by atoms with Gasteiger partial charge in [0.25, 0.3) is 0 Å². The molecular weight excluding hydrogens is 297 g/mol. The van der Waals surface area contributed by atoms with E-state index in [1.54, 1.807) is 36.4 Å². The molecule has 0 saturated heterocycles. The molecule has 0 spiro atoms. The molecular formula is C14H13Cl2N3O. The van der Waals surface area contributed by atoms with Crippen molar-refractivity contribution in [1.29, 1.82) is 0 Å². The summed E-state index contributed by atoms with van der Waals surface area (Å²) in [4.78, 5) is 11.9. The van der Waals surface area contributed by atoms with Crippen molar-refractivity contribution >= 4 is 46.3 Å². The predicted molar refractivity (Wildman–Crippen MR) is 84.7 cm³/mol. The molecule has 0 aromatic heterocycles. The Kier molecular flexibility index (Phi) is 4.37. The molecule has 0 bridgehead atoms. The number of amides is 2. The highest BCUT2D eigenvalue weighted by Crippen LogP contribution is 2.23. The molecule has 4 N–H and O–H groups in total. The Balaban J connectivity index is 2.06. The minimum Gasteiger partial charge on any atom is -0.399 e. The largest absolute Gasteiger partial charge is 0.399 e. The molecule has 0 fully saturated rings. The normalized spacial score (nSPS) is 10.2. The van der Waals surface area contributed by atoms with Crippen LogP contribution < -0.4 is 16.4 Å². The average molecular weight is 310 g/mol. The Hall–Kier alpha value is -1.91. The van der Waals surface area contributed by atoms with E-state index in [0.29, 0.717) is 27.1 Å². The van der Waals surface area contributed by atoms with E-state index in [2.05, 4.69) is 10.6 Å². The van der Waals surface area contributed by atoms with E-state index >= 15 is 0 Å². The monoisotopic (exact) mass is 309 g/mol. The van der Waals surface area contributed by atoms with Gasteiger partial charge >= 0.3 is 6.03 Å². The second-order valence-corrected chi connectivity index (χ2v) is 5.18. The fraction of sp³-hybridized carbons (Fsp3) is 0.0714. The van der Waals surface area contributed by atoms with Crippen LogP contribution in [0.25, 0.3) is 0 Å². The van der Waals surface area contributed by atoms with E-state index in [1.165, 1.54) is 0 Å². The Morgan fingerprint density at radius 2 is 1.60 bits per heavy atom. The van der Waals surface area contributed by atoms with Crippen LogP contribution in [0.2, 0.25) is 10.0 Å². The van der Waals surface area contributed by atoms with E-state index in [9.17, 15) is 4.79 Å². The molecule has 0 aliphatic heterocycles. The lowest BCUT2D eigenvalue weighted by atomic mass is 10.2. The number of halogens is 2. The number of carbonyl (C=O) groups is 1. The van der Waals surface area contributed by atoms with Crippen LogP contribution in [-0.4, -0.2) is 6.03 Å². The Morgan fingerprint density at radius 3 is 2.20 bits per heavy atom. The van der Waals surface area contributed by atoms with Crippen LogP contribution in [0, 0.1) is 6.92 Å². The van der Waals surface area contributed by atoms with Gasteiger partial charge in [0.2, 0.25) is 0 Å². The SMILES string of the molecule is Cc1cc(NC(=O)Nc2cc(Cl)cc(Cl)c2)ccc1N. The summed E-state index contributed by atoms with van der Waals surface area (Å²) in [5.74, 6) is 0. The van der Waals surface area contributed by atoms with Gasteiger partial charge in [-0.15, -0.1) is 0 Å². The number of benzene rings is 2. The lowest BCUT2D eigenvalue weighted by Crippen LogP contribution is -2.19. The van der Waals surface area contributed by atoms with Gasteiger partial charge in [0, 0.05) is 27.1 Å². The molecule has 0 heterocycles. The molecule has 4 nitrogen and oxygen atoms in total. The predicted octanol–water partition coefficient (Wildman–Crippen LogP) is 4.53. The number of aryl methyl sites for hydroxylation is 1. The molecule has 0 aliphatic rings. The first kappa shape index (κ1) is 14.5. The maximum absolute atomic E-state index is 11.9. The highest BCUT2D eigenvalue weighted by molar-refractivity contribution is 6.35. The van der Waals surface area contributed by atoms with Crippen molar-refractivity contribution in [3.8, 4) is 0 Å². The first-order valence-electron chi connectivity index (χ1n) is 5.84. The number of rotatable bonds is 2. The summed E-state index contributed by atoms with van der Waals surface area (Å²) in [6, 6.07) is 9.69. The number of nitrogen functional groups attached to an aromatic ring is 1. The first-order valence-corrected chi connectivity index (χ1v) is 6.60. The number of hydrogen-bond acceptors (Lipinski definition) is 2. The van der Waals surface area contributed by atoms with Crippen molar-refractivity contribution in [2.45, 2.75) is 6.92 Å².